The summed E-state index contributed by atoms with van der Waals surface area (Å²) in [6, 6.07) is 2.07. The molecule has 0 saturated heterocycles. The summed E-state index contributed by atoms with van der Waals surface area (Å²) in [6.07, 6.45) is 5.74. The first-order valence-electron chi connectivity index (χ1n) is 3.29. The number of hydrogen-bond acceptors (Lipinski definition) is 3. The van der Waals surface area contributed by atoms with Gasteiger partial charge >= 0.3 is 0 Å². The van der Waals surface area contributed by atoms with E-state index in [1.807, 2.05) is 0 Å². The maximum absolute atomic E-state index is 8.56. The van der Waals surface area contributed by atoms with Crippen LogP contribution in [0, 0.1) is 11.3 Å². The molecule has 0 saturated carbocycles. The van der Waals surface area contributed by atoms with Crippen molar-refractivity contribution in [3.05, 3.63) is 23.5 Å². The van der Waals surface area contributed by atoms with Crippen LogP contribution in [0.4, 0.5) is 0 Å². The molecule has 0 N–H and O–H groups in total. The molecule has 2 aliphatic heterocycles. The molecule has 52 valence electrons. The minimum Gasteiger partial charge on any atom is -0.262 e. The van der Waals surface area contributed by atoms with E-state index >= 15 is 0 Å². The molecule has 2 rings (SSSR count). The van der Waals surface area contributed by atoms with Crippen LogP contribution in [-0.4, -0.2) is 11.9 Å². The fourth-order valence-electron chi connectivity index (χ4n) is 1.07. The number of hydrogen-bond donors (Lipinski definition) is 0. The van der Waals surface area contributed by atoms with E-state index in [-0.39, 0.29) is 0 Å². The summed E-state index contributed by atoms with van der Waals surface area (Å²) < 4.78 is 0. The van der Waals surface area contributed by atoms with Gasteiger partial charge in [0.2, 0.25) is 0 Å². The number of nitriles is 1. The summed E-state index contributed by atoms with van der Waals surface area (Å²) in [4.78, 5) is 7.99. The molecule has 0 bridgehead atoms. The van der Waals surface area contributed by atoms with Crippen molar-refractivity contribution in [1.29, 1.82) is 5.26 Å². The molecule has 0 aromatic carbocycles. The quantitative estimate of drug-likeness (QED) is 0.502. The lowest BCUT2D eigenvalue weighted by atomic mass is 10.0. The van der Waals surface area contributed by atoms with Crippen molar-refractivity contribution in [3.8, 4) is 6.07 Å². The standard InChI is InChI=1S/C8H5N3/c9-2-6-1-7-4-10-5-8(7)11-3-6/h3-5H,1H2. The van der Waals surface area contributed by atoms with Gasteiger partial charge in [-0.1, -0.05) is 0 Å². The number of aliphatic imine (C=N–C) groups is 2. The number of fused-ring (bicyclic) bond motifs is 1. The highest BCUT2D eigenvalue weighted by atomic mass is 14.8. The predicted octanol–water partition coefficient (Wildman–Crippen LogP) is 1.21. The van der Waals surface area contributed by atoms with Crippen molar-refractivity contribution in [1.82, 2.24) is 0 Å². The van der Waals surface area contributed by atoms with Gasteiger partial charge in [-0.05, 0) is 0 Å². The van der Waals surface area contributed by atoms with E-state index < -0.39 is 0 Å². The van der Waals surface area contributed by atoms with Gasteiger partial charge in [0.1, 0.15) is 0 Å². The Morgan fingerprint density at radius 2 is 2.36 bits per heavy atom. The Kier molecular flexibility index (Phi) is 1.19. The third-order valence-corrected chi connectivity index (χ3v) is 1.64. The van der Waals surface area contributed by atoms with Gasteiger partial charge in [0, 0.05) is 24.4 Å². The highest BCUT2D eigenvalue weighted by Crippen LogP contribution is 2.19. The predicted molar refractivity (Wildman–Crippen MR) is 42.3 cm³/mol. The molecular formula is C8H5N3. The second-order valence-corrected chi connectivity index (χ2v) is 2.39. The van der Waals surface area contributed by atoms with Crippen molar-refractivity contribution in [3.63, 3.8) is 0 Å². The zero-order valence-corrected chi connectivity index (χ0v) is 5.78. The SMILES string of the molecule is N#CC1=CN=C2C=NC=C2C1. The zero-order valence-electron chi connectivity index (χ0n) is 5.78. The summed E-state index contributed by atoms with van der Waals surface area (Å²) in [5.74, 6) is 0. The molecule has 3 heteroatoms. The summed E-state index contributed by atoms with van der Waals surface area (Å²) in [5.41, 5.74) is 2.64. The van der Waals surface area contributed by atoms with Gasteiger partial charge in [-0.2, -0.15) is 5.26 Å². The molecule has 0 amide bonds. The molecular weight excluding hydrogens is 138 g/mol. The third-order valence-electron chi connectivity index (χ3n) is 1.64. The van der Waals surface area contributed by atoms with Crippen molar-refractivity contribution in [2.24, 2.45) is 9.98 Å². The fourth-order valence-corrected chi connectivity index (χ4v) is 1.07. The van der Waals surface area contributed by atoms with Crippen molar-refractivity contribution in [2.75, 3.05) is 0 Å². The van der Waals surface area contributed by atoms with Gasteiger partial charge in [-0.3, -0.25) is 9.98 Å². The first kappa shape index (κ1) is 6.05. The van der Waals surface area contributed by atoms with Gasteiger partial charge in [0.15, 0.2) is 0 Å². The molecule has 0 spiro atoms. The van der Waals surface area contributed by atoms with Crippen LogP contribution >= 0.6 is 0 Å². The van der Waals surface area contributed by atoms with E-state index in [1.165, 1.54) is 0 Å². The lowest BCUT2D eigenvalue weighted by molar-refractivity contribution is 1.18. The van der Waals surface area contributed by atoms with Crippen LogP contribution in [0.15, 0.2) is 33.5 Å². The molecule has 0 radical (unpaired) electrons. The van der Waals surface area contributed by atoms with Crippen LogP contribution in [0.5, 0.6) is 0 Å². The van der Waals surface area contributed by atoms with Gasteiger partial charge in [0.25, 0.3) is 0 Å². The second-order valence-electron chi connectivity index (χ2n) is 2.39. The van der Waals surface area contributed by atoms with Crippen LogP contribution in [0.3, 0.4) is 0 Å². The minimum absolute atomic E-state index is 0.676. The number of allylic oxidation sites excluding steroid dienone is 2. The average Bonchev–Trinajstić information content (AvgIpc) is 2.50. The van der Waals surface area contributed by atoms with Gasteiger partial charge in [-0.15, -0.1) is 0 Å². The molecule has 0 atom stereocenters. The van der Waals surface area contributed by atoms with Crippen LogP contribution in [-0.2, 0) is 0 Å². The molecule has 0 unspecified atom stereocenters. The molecule has 11 heavy (non-hydrogen) atoms. The van der Waals surface area contributed by atoms with Crippen molar-refractivity contribution < 1.29 is 0 Å². The van der Waals surface area contributed by atoms with Crippen molar-refractivity contribution in [2.45, 2.75) is 6.42 Å². The second kappa shape index (κ2) is 2.17. The number of rotatable bonds is 0. The first-order chi connectivity index (χ1) is 5.40. The Bertz CT molecular complexity index is 350. The van der Waals surface area contributed by atoms with E-state index in [0.29, 0.717) is 12.0 Å². The molecule has 3 nitrogen and oxygen atoms in total. The highest BCUT2D eigenvalue weighted by molar-refractivity contribution is 6.40. The minimum atomic E-state index is 0.676. The number of nitrogens with zero attached hydrogens (tertiary/aromatic N) is 3. The smallest absolute Gasteiger partial charge is 0.0966 e. The molecule has 2 heterocycles. The first-order valence-corrected chi connectivity index (χ1v) is 3.29. The highest BCUT2D eigenvalue weighted by Gasteiger charge is 2.14. The largest absolute Gasteiger partial charge is 0.262 e. The van der Waals surface area contributed by atoms with E-state index in [1.54, 1.807) is 18.6 Å². The molecule has 2 aliphatic rings. The molecule has 0 aromatic rings. The zero-order chi connectivity index (χ0) is 7.68. The molecule has 0 fully saturated rings. The third kappa shape index (κ3) is 0.887. The molecule has 0 aromatic heterocycles. The van der Waals surface area contributed by atoms with Gasteiger partial charge in [0.05, 0.1) is 23.6 Å². The Balaban J connectivity index is 2.39. The lowest BCUT2D eigenvalue weighted by Crippen LogP contribution is -2.04. The van der Waals surface area contributed by atoms with Crippen LogP contribution < -0.4 is 0 Å². The molecule has 0 aliphatic carbocycles. The van der Waals surface area contributed by atoms with Crippen LogP contribution in [0.1, 0.15) is 6.42 Å². The summed E-state index contributed by atoms with van der Waals surface area (Å²) in [6.45, 7) is 0. The van der Waals surface area contributed by atoms with E-state index in [2.05, 4.69) is 16.1 Å². The van der Waals surface area contributed by atoms with Crippen LogP contribution in [0.25, 0.3) is 0 Å². The Hall–Kier alpha value is -1.69. The summed E-state index contributed by atoms with van der Waals surface area (Å²) in [5, 5.41) is 8.56. The summed E-state index contributed by atoms with van der Waals surface area (Å²) >= 11 is 0. The van der Waals surface area contributed by atoms with E-state index in [0.717, 1.165) is 11.3 Å². The topological polar surface area (TPSA) is 48.5 Å². The maximum Gasteiger partial charge on any atom is 0.0966 e. The van der Waals surface area contributed by atoms with Crippen molar-refractivity contribution >= 4 is 11.9 Å². The summed E-state index contributed by atoms with van der Waals surface area (Å²) in [7, 11) is 0. The van der Waals surface area contributed by atoms with E-state index in [4.69, 9.17) is 5.26 Å². The van der Waals surface area contributed by atoms with Gasteiger partial charge < -0.3 is 0 Å². The maximum atomic E-state index is 8.56. The fraction of sp³-hybridized carbons (Fsp3) is 0.125. The normalized spacial score (nSPS) is 19.7. The van der Waals surface area contributed by atoms with Crippen LogP contribution in [0.2, 0.25) is 0 Å². The van der Waals surface area contributed by atoms with E-state index in [9.17, 15) is 0 Å². The van der Waals surface area contributed by atoms with Gasteiger partial charge in [-0.25, -0.2) is 0 Å². The Morgan fingerprint density at radius 1 is 1.45 bits per heavy atom. The Labute approximate surface area is 64.1 Å². The Morgan fingerprint density at radius 3 is 3.18 bits per heavy atom. The lowest BCUT2D eigenvalue weighted by Gasteiger charge is -2.04. The monoisotopic (exact) mass is 143 g/mol. The average molecular weight is 143 g/mol.